The molecular formula is C15H22N2. The molecule has 1 aromatic rings. The molecule has 1 aliphatic heterocycles. The van der Waals surface area contributed by atoms with Crippen LogP contribution in [0.4, 0.5) is 0 Å². The van der Waals surface area contributed by atoms with Crippen LogP contribution in [0, 0.1) is 6.92 Å². The Labute approximate surface area is 105 Å². The summed E-state index contributed by atoms with van der Waals surface area (Å²) in [6.45, 7) is 7.96. The Morgan fingerprint density at radius 3 is 2.41 bits per heavy atom. The van der Waals surface area contributed by atoms with E-state index in [1.807, 2.05) is 64.3 Å². The molecule has 2 rings (SSSR count). The maximum absolute atomic E-state index is 4.10. The van der Waals surface area contributed by atoms with Crippen LogP contribution in [0.2, 0.25) is 0 Å². The van der Waals surface area contributed by atoms with Gasteiger partial charge in [0, 0.05) is 30.2 Å². The molecule has 2 heteroatoms. The number of aryl methyl sites for hydroxylation is 1. The van der Waals surface area contributed by atoms with E-state index in [1.165, 1.54) is 0 Å². The highest BCUT2D eigenvalue weighted by Crippen LogP contribution is 1.98. The minimum Gasteiger partial charge on any atom is -0.266 e. The average molecular weight is 230 g/mol. The van der Waals surface area contributed by atoms with Crippen LogP contribution < -0.4 is 0 Å². The molecule has 0 spiro atoms. The molecule has 1 aliphatic rings. The molecular weight excluding hydrogens is 208 g/mol. The van der Waals surface area contributed by atoms with Gasteiger partial charge in [0.25, 0.3) is 0 Å². The lowest BCUT2D eigenvalue weighted by molar-refractivity contribution is 1.20. The number of allylic oxidation sites excluding steroid dienone is 4. The monoisotopic (exact) mass is 230 g/mol. The van der Waals surface area contributed by atoms with Gasteiger partial charge in [0.15, 0.2) is 0 Å². The lowest BCUT2D eigenvalue weighted by Crippen LogP contribution is -1.72. The molecule has 2 heterocycles. The molecule has 0 N–H and O–H groups in total. The van der Waals surface area contributed by atoms with Gasteiger partial charge in [-0.1, -0.05) is 32.1 Å². The highest BCUT2D eigenvalue weighted by molar-refractivity contribution is 5.61. The van der Waals surface area contributed by atoms with Gasteiger partial charge in [-0.15, -0.1) is 0 Å². The van der Waals surface area contributed by atoms with Crippen molar-refractivity contribution in [1.29, 1.82) is 0 Å². The molecule has 92 valence electrons. The Morgan fingerprint density at radius 2 is 1.88 bits per heavy atom. The first kappa shape index (κ1) is 15.3. The summed E-state index contributed by atoms with van der Waals surface area (Å²) in [7, 11) is 0. The van der Waals surface area contributed by atoms with Crippen molar-refractivity contribution in [2.45, 2.75) is 34.1 Å². The van der Waals surface area contributed by atoms with Gasteiger partial charge in [-0.3, -0.25) is 9.98 Å². The second-order valence-corrected chi connectivity index (χ2v) is 3.25. The fourth-order valence-electron chi connectivity index (χ4n) is 1.03. The standard InChI is InChI=1S/C7H9N.C6H7N.C2H6/c1-7-5-3-2-4-6-8-7;1-6-4-2-3-5-7-6;1-2/h2-3,5-6H,4H2,1H3;2-5H,1H3;1-2H3. The van der Waals surface area contributed by atoms with E-state index < -0.39 is 0 Å². The Kier molecular flexibility index (Phi) is 9.73. The lowest BCUT2D eigenvalue weighted by atomic mass is 10.4. The van der Waals surface area contributed by atoms with Crippen LogP contribution in [-0.4, -0.2) is 11.2 Å². The van der Waals surface area contributed by atoms with Crippen LogP contribution in [0.1, 0.15) is 32.9 Å². The van der Waals surface area contributed by atoms with Gasteiger partial charge in [0.05, 0.1) is 0 Å². The fraction of sp³-hybridized carbons (Fsp3) is 0.333. The van der Waals surface area contributed by atoms with Gasteiger partial charge in [-0.2, -0.15) is 0 Å². The van der Waals surface area contributed by atoms with Gasteiger partial charge in [-0.05, 0) is 32.1 Å². The molecule has 0 bridgehead atoms. The van der Waals surface area contributed by atoms with Crippen molar-refractivity contribution in [3.05, 3.63) is 54.0 Å². The van der Waals surface area contributed by atoms with E-state index in [0.29, 0.717) is 0 Å². The largest absolute Gasteiger partial charge is 0.266 e. The minimum absolute atomic E-state index is 0.966. The number of rotatable bonds is 0. The lowest BCUT2D eigenvalue weighted by Gasteiger charge is -1.82. The second kappa shape index (κ2) is 10.8. The predicted molar refractivity (Wildman–Crippen MR) is 76.3 cm³/mol. The molecule has 1 aromatic heterocycles. The summed E-state index contributed by atoms with van der Waals surface area (Å²) >= 11 is 0. The fourth-order valence-corrected chi connectivity index (χ4v) is 1.03. The van der Waals surface area contributed by atoms with E-state index in [9.17, 15) is 0 Å². The molecule has 0 saturated carbocycles. The number of hydrogen-bond acceptors (Lipinski definition) is 2. The van der Waals surface area contributed by atoms with Gasteiger partial charge in [0.2, 0.25) is 0 Å². The average Bonchev–Trinajstić information content (AvgIpc) is 2.61. The zero-order valence-corrected chi connectivity index (χ0v) is 11.2. The van der Waals surface area contributed by atoms with Crippen LogP contribution in [0.5, 0.6) is 0 Å². The summed E-state index contributed by atoms with van der Waals surface area (Å²) in [5.41, 5.74) is 2.15. The zero-order valence-electron chi connectivity index (χ0n) is 11.2. The number of nitrogens with zero attached hydrogens (tertiary/aromatic N) is 2. The molecule has 0 radical (unpaired) electrons. The summed E-state index contributed by atoms with van der Waals surface area (Å²) in [5.74, 6) is 0. The van der Waals surface area contributed by atoms with E-state index >= 15 is 0 Å². The molecule has 0 fully saturated rings. The van der Waals surface area contributed by atoms with Crippen molar-refractivity contribution in [3.63, 3.8) is 0 Å². The van der Waals surface area contributed by atoms with Crippen molar-refractivity contribution in [1.82, 2.24) is 4.98 Å². The Bertz CT molecular complexity index is 362. The first-order valence-electron chi connectivity index (χ1n) is 6.02. The van der Waals surface area contributed by atoms with E-state index in [-0.39, 0.29) is 0 Å². The van der Waals surface area contributed by atoms with Crippen molar-refractivity contribution in [2.75, 3.05) is 0 Å². The third kappa shape index (κ3) is 9.24. The Hall–Kier alpha value is -1.70. The summed E-state index contributed by atoms with van der Waals surface area (Å²) in [6, 6.07) is 5.86. The molecule has 0 aliphatic carbocycles. The van der Waals surface area contributed by atoms with E-state index in [0.717, 1.165) is 17.8 Å². The van der Waals surface area contributed by atoms with Crippen LogP contribution in [-0.2, 0) is 0 Å². The normalized spacial score (nSPS) is 12.4. The molecule has 0 amide bonds. The SMILES string of the molecule is CC.CC1=CC=CCC=N1.Cc1ccccn1. The topological polar surface area (TPSA) is 25.2 Å². The third-order valence-electron chi connectivity index (χ3n) is 1.82. The van der Waals surface area contributed by atoms with Crippen LogP contribution in [0.15, 0.2) is 53.3 Å². The van der Waals surface area contributed by atoms with E-state index in [4.69, 9.17) is 0 Å². The predicted octanol–water partition coefficient (Wildman–Crippen LogP) is 4.34. The van der Waals surface area contributed by atoms with Gasteiger partial charge in [-0.25, -0.2) is 0 Å². The molecule has 0 unspecified atom stereocenters. The number of aromatic nitrogens is 1. The van der Waals surface area contributed by atoms with Crippen LogP contribution in [0.3, 0.4) is 0 Å². The number of pyridine rings is 1. The molecule has 17 heavy (non-hydrogen) atoms. The highest BCUT2D eigenvalue weighted by Gasteiger charge is 1.81. The molecule has 2 nitrogen and oxygen atoms in total. The van der Waals surface area contributed by atoms with Gasteiger partial charge >= 0.3 is 0 Å². The maximum Gasteiger partial charge on any atom is 0.0372 e. The quantitative estimate of drug-likeness (QED) is 0.651. The maximum atomic E-state index is 4.10. The first-order valence-corrected chi connectivity index (χ1v) is 6.02. The minimum atomic E-state index is 0.966. The van der Waals surface area contributed by atoms with Crippen molar-refractivity contribution in [3.8, 4) is 0 Å². The summed E-state index contributed by atoms with van der Waals surface area (Å²) in [5, 5.41) is 0. The number of aliphatic imine (C=N–C) groups is 1. The second-order valence-electron chi connectivity index (χ2n) is 3.25. The van der Waals surface area contributed by atoms with Crippen molar-refractivity contribution in [2.24, 2.45) is 4.99 Å². The van der Waals surface area contributed by atoms with Gasteiger partial charge in [0.1, 0.15) is 0 Å². The first-order chi connectivity index (χ1) is 8.29. The molecule has 0 saturated heterocycles. The summed E-state index contributed by atoms with van der Waals surface area (Å²) in [6.07, 6.45) is 10.8. The number of hydrogen-bond donors (Lipinski definition) is 0. The van der Waals surface area contributed by atoms with Crippen LogP contribution >= 0.6 is 0 Å². The van der Waals surface area contributed by atoms with Gasteiger partial charge < -0.3 is 0 Å². The van der Waals surface area contributed by atoms with E-state index in [1.54, 1.807) is 6.20 Å². The van der Waals surface area contributed by atoms with E-state index in [2.05, 4.69) is 16.1 Å². The highest BCUT2D eigenvalue weighted by atomic mass is 14.7. The molecule has 0 atom stereocenters. The Balaban J connectivity index is 0.000000265. The molecule has 0 aromatic carbocycles. The van der Waals surface area contributed by atoms with Crippen LogP contribution in [0.25, 0.3) is 0 Å². The smallest absolute Gasteiger partial charge is 0.0372 e. The zero-order chi connectivity index (χ0) is 12.9. The third-order valence-corrected chi connectivity index (χ3v) is 1.82. The summed E-state index contributed by atoms with van der Waals surface area (Å²) < 4.78 is 0. The Morgan fingerprint density at radius 1 is 1.12 bits per heavy atom. The van der Waals surface area contributed by atoms with Crippen molar-refractivity contribution < 1.29 is 0 Å². The summed E-state index contributed by atoms with van der Waals surface area (Å²) in [4.78, 5) is 8.08. The van der Waals surface area contributed by atoms with Crippen molar-refractivity contribution >= 4 is 6.21 Å².